The molecule has 158 valence electrons. The van der Waals surface area contributed by atoms with Gasteiger partial charge in [0.2, 0.25) is 0 Å². The molecule has 3 aromatic rings. The molecule has 0 aliphatic heterocycles. The van der Waals surface area contributed by atoms with E-state index < -0.39 is 0 Å². The van der Waals surface area contributed by atoms with E-state index in [4.69, 9.17) is 16.6 Å². The number of hydrogen-bond donors (Lipinski definition) is 0. The number of nitrogens with zero attached hydrogens (tertiary/aromatic N) is 3. The summed E-state index contributed by atoms with van der Waals surface area (Å²) in [6.07, 6.45) is 1.84. The van der Waals surface area contributed by atoms with E-state index in [-0.39, 0.29) is 17.5 Å². The molecular weight excluding hydrogens is 398 g/mol. The third kappa shape index (κ3) is 4.41. The Morgan fingerprint density at radius 1 is 1.17 bits per heavy atom. The van der Waals surface area contributed by atoms with Crippen LogP contribution in [0.2, 0.25) is 5.02 Å². The van der Waals surface area contributed by atoms with Gasteiger partial charge in [-0.05, 0) is 57.5 Å². The first kappa shape index (κ1) is 22.0. The molecule has 6 heteroatoms. The summed E-state index contributed by atoms with van der Waals surface area (Å²) < 4.78 is 1.66. The summed E-state index contributed by atoms with van der Waals surface area (Å²) in [7, 11) is 0. The average Bonchev–Trinajstić information content (AvgIpc) is 2.73. The van der Waals surface area contributed by atoms with Crippen LogP contribution >= 0.6 is 11.6 Å². The molecule has 0 radical (unpaired) electrons. The Kier molecular flexibility index (Phi) is 6.93. The number of amides is 1. The molecule has 30 heavy (non-hydrogen) atoms. The van der Waals surface area contributed by atoms with E-state index in [2.05, 4.69) is 6.92 Å². The van der Waals surface area contributed by atoms with Crippen molar-refractivity contribution in [2.24, 2.45) is 0 Å². The Bertz CT molecular complexity index is 1110. The van der Waals surface area contributed by atoms with E-state index in [9.17, 15) is 9.59 Å². The molecule has 1 atom stereocenters. The lowest BCUT2D eigenvalue weighted by Gasteiger charge is -2.30. The highest BCUT2D eigenvalue weighted by molar-refractivity contribution is 6.31. The Hall–Kier alpha value is -2.66. The van der Waals surface area contributed by atoms with Crippen LogP contribution in [0.3, 0.4) is 0 Å². The lowest BCUT2D eigenvalue weighted by atomic mass is 10.1. The predicted octanol–water partition coefficient (Wildman–Crippen LogP) is 5.38. The molecule has 0 fully saturated rings. The van der Waals surface area contributed by atoms with Gasteiger partial charge in [0.15, 0.2) is 0 Å². The number of unbranched alkanes of at least 4 members (excludes halogenated alkanes) is 1. The molecule has 0 aliphatic carbocycles. The lowest BCUT2D eigenvalue weighted by molar-refractivity contribution is 0.0676. The second kappa shape index (κ2) is 9.43. The minimum atomic E-state index is -0.360. The summed E-state index contributed by atoms with van der Waals surface area (Å²) in [5, 5.41) is 1.06. The van der Waals surface area contributed by atoms with Crippen molar-refractivity contribution in [1.29, 1.82) is 0 Å². The molecular formula is C24H28ClN3O2. The molecule has 0 saturated heterocycles. The first-order valence-electron chi connectivity index (χ1n) is 10.4. The van der Waals surface area contributed by atoms with E-state index in [1.165, 1.54) is 0 Å². The highest BCUT2D eigenvalue weighted by Crippen LogP contribution is 2.24. The predicted molar refractivity (Wildman–Crippen MR) is 122 cm³/mol. The summed E-state index contributed by atoms with van der Waals surface area (Å²) in [6.45, 7) is 9.01. The Balaban J connectivity index is 2.10. The summed E-state index contributed by atoms with van der Waals surface area (Å²) in [6, 6.07) is 12.3. The van der Waals surface area contributed by atoms with Gasteiger partial charge in [-0.15, -0.1) is 0 Å². The van der Waals surface area contributed by atoms with Crippen LogP contribution in [0.5, 0.6) is 0 Å². The molecule has 0 saturated carbocycles. The first-order chi connectivity index (χ1) is 14.4. The van der Waals surface area contributed by atoms with Crippen LogP contribution in [0.1, 0.15) is 61.4 Å². The number of carbonyl (C=O) groups excluding carboxylic acids is 1. The standard InChI is InChI=1S/C24H28ClN3O2/c1-5-7-14-28(23(29)18-10-8-16(3)9-11-18)17(4)22-26-21-15-19(25)12-13-20(21)24(30)27(22)6-2/h8-13,15,17H,5-7,14H2,1-4H3/t17-/m0/s1. The fraction of sp³-hybridized carbons (Fsp3) is 0.375. The molecule has 1 heterocycles. The molecule has 0 spiro atoms. The number of fused-ring (bicyclic) bond motifs is 1. The quantitative estimate of drug-likeness (QED) is 0.510. The van der Waals surface area contributed by atoms with E-state index in [1.54, 1.807) is 22.8 Å². The third-order valence-corrected chi connectivity index (χ3v) is 5.65. The largest absolute Gasteiger partial charge is 0.329 e. The van der Waals surface area contributed by atoms with Crippen LogP contribution in [-0.4, -0.2) is 26.9 Å². The zero-order chi connectivity index (χ0) is 21.8. The third-order valence-electron chi connectivity index (χ3n) is 5.42. The summed E-state index contributed by atoms with van der Waals surface area (Å²) >= 11 is 6.14. The van der Waals surface area contributed by atoms with Gasteiger partial charge in [-0.1, -0.05) is 42.6 Å². The highest BCUT2D eigenvalue weighted by atomic mass is 35.5. The molecule has 0 aliphatic rings. The Morgan fingerprint density at radius 2 is 1.87 bits per heavy atom. The molecule has 0 bridgehead atoms. The van der Waals surface area contributed by atoms with Gasteiger partial charge >= 0.3 is 0 Å². The minimum Gasteiger partial charge on any atom is -0.329 e. The van der Waals surface area contributed by atoms with Crippen molar-refractivity contribution in [3.05, 3.63) is 74.8 Å². The molecule has 1 aromatic heterocycles. The molecule has 0 N–H and O–H groups in total. The van der Waals surface area contributed by atoms with Crippen LogP contribution in [0, 0.1) is 6.92 Å². The Morgan fingerprint density at radius 3 is 2.50 bits per heavy atom. The first-order valence-corrected chi connectivity index (χ1v) is 10.8. The second-order valence-corrected chi connectivity index (χ2v) is 8.01. The maximum absolute atomic E-state index is 13.4. The van der Waals surface area contributed by atoms with Gasteiger partial charge in [0, 0.05) is 23.7 Å². The monoisotopic (exact) mass is 425 g/mol. The second-order valence-electron chi connectivity index (χ2n) is 7.57. The number of aryl methyl sites for hydroxylation is 1. The maximum Gasteiger partial charge on any atom is 0.261 e. The van der Waals surface area contributed by atoms with E-state index in [0.29, 0.717) is 40.4 Å². The van der Waals surface area contributed by atoms with Crippen molar-refractivity contribution in [2.45, 2.75) is 53.1 Å². The number of benzene rings is 2. The van der Waals surface area contributed by atoms with Gasteiger partial charge in [0.05, 0.1) is 16.9 Å². The highest BCUT2D eigenvalue weighted by Gasteiger charge is 2.26. The van der Waals surface area contributed by atoms with Crippen molar-refractivity contribution in [3.8, 4) is 0 Å². The van der Waals surface area contributed by atoms with Gasteiger partial charge in [-0.3, -0.25) is 14.2 Å². The summed E-state index contributed by atoms with van der Waals surface area (Å²) in [4.78, 5) is 33.0. The van der Waals surface area contributed by atoms with Crippen molar-refractivity contribution >= 4 is 28.4 Å². The number of rotatable bonds is 7. The fourth-order valence-corrected chi connectivity index (χ4v) is 3.80. The normalized spacial score (nSPS) is 12.2. The van der Waals surface area contributed by atoms with E-state index in [0.717, 1.165) is 18.4 Å². The van der Waals surface area contributed by atoms with Gasteiger partial charge in [-0.2, -0.15) is 0 Å². The van der Waals surface area contributed by atoms with Gasteiger partial charge < -0.3 is 4.90 Å². The number of carbonyl (C=O) groups is 1. The number of hydrogen-bond acceptors (Lipinski definition) is 3. The van der Waals surface area contributed by atoms with Crippen molar-refractivity contribution in [3.63, 3.8) is 0 Å². The maximum atomic E-state index is 13.4. The van der Waals surface area contributed by atoms with Crippen LogP contribution < -0.4 is 5.56 Å². The molecule has 3 rings (SSSR count). The SMILES string of the molecule is CCCCN(C(=O)c1ccc(C)cc1)[C@@H](C)c1nc2cc(Cl)ccc2c(=O)n1CC. The molecule has 0 unspecified atom stereocenters. The van der Waals surface area contributed by atoms with Crippen molar-refractivity contribution < 1.29 is 4.79 Å². The van der Waals surface area contributed by atoms with Crippen LogP contribution in [0.4, 0.5) is 0 Å². The van der Waals surface area contributed by atoms with E-state index >= 15 is 0 Å². The lowest BCUT2D eigenvalue weighted by Crippen LogP contribution is -2.38. The smallest absolute Gasteiger partial charge is 0.261 e. The topological polar surface area (TPSA) is 55.2 Å². The van der Waals surface area contributed by atoms with Gasteiger partial charge in [0.1, 0.15) is 5.82 Å². The summed E-state index contributed by atoms with van der Waals surface area (Å²) in [5.41, 5.74) is 2.18. The van der Waals surface area contributed by atoms with Crippen molar-refractivity contribution in [2.75, 3.05) is 6.54 Å². The zero-order valence-electron chi connectivity index (χ0n) is 18.0. The van der Waals surface area contributed by atoms with Crippen molar-refractivity contribution in [1.82, 2.24) is 14.5 Å². The number of halogens is 1. The van der Waals surface area contributed by atoms with Crippen LogP contribution in [0.15, 0.2) is 47.3 Å². The zero-order valence-corrected chi connectivity index (χ0v) is 18.7. The minimum absolute atomic E-state index is 0.0564. The van der Waals surface area contributed by atoms with Gasteiger partial charge in [-0.25, -0.2) is 4.98 Å². The molecule has 5 nitrogen and oxygen atoms in total. The molecule has 1 amide bonds. The van der Waals surface area contributed by atoms with Crippen LogP contribution in [-0.2, 0) is 6.54 Å². The summed E-state index contributed by atoms with van der Waals surface area (Å²) in [5.74, 6) is 0.521. The van der Waals surface area contributed by atoms with Crippen LogP contribution in [0.25, 0.3) is 10.9 Å². The fourth-order valence-electron chi connectivity index (χ4n) is 3.64. The molecule has 2 aromatic carbocycles. The van der Waals surface area contributed by atoms with Gasteiger partial charge in [0.25, 0.3) is 11.5 Å². The average molecular weight is 426 g/mol. The van der Waals surface area contributed by atoms with E-state index in [1.807, 2.05) is 49.9 Å². The number of aromatic nitrogens is 2. The Labute approximate surface area is 182 Å².